The molecule has 0 aliphatic heterocycles. The van der Waals surface area contributed by atoms with Crippen LogP contribution in [0.1, 0.15) is 23.0 Å². The lowest BCUT2D eigenvalue weighted by Gasteiger charge is -2.12. The molecule has 0 unspecified atom stereocenters. The molecule has 0 radical (unpaired) electrons. The monoisotopic (exact) mass is 372 g/mol. The Hall–Kier alpha value is -2.63. The van der Waals surface area contributed by atoms with Gasteiger partial charge in [0.15, 0.2) is 0 Å². The fourth-order valence-electron chi connectivity index (χ4n) is 2.81. The van der Waals surface area contributed by atoms with Crippen molar-refractivity contribution in [3.63, 3.8) is 0 Å². The van der Waals surface area contributed by atoms with Crippen molar-refractivity contribution in [1.82, 2.24) is 10.0 Å². The lowest BCUT2D eigenvalue weighted by atomic mass is 10.1. The number of carbonyl (C=O) groups excluding carboxylic acids is 1. The van der Waals surface area contributed by atoms with Gasteiger partial charge in [0.1, 0.15) is 5.82 Å². The van der Waals surface area contributed by atoms with E-state index >= 15 is 0 Å². The molecular formula is C20H18ClFN2O2. The van der Waals surface area contributed by atoms with Crippen molar-refractivity contribution >= 4 is 17.5 Å². The van der Waals surface area contributed by atoms with Gasteiger partial charge in [-0.25, -0.2) is 9.87 Å². The number of benzene rings is 2. The summed E-state index contributed by atoms with van der Waals surface area (Å²) in [4.78, 5) is 17.4. The Balaban J connectivity index is 2.17. The number of rotatable bonds is 5. The van der Waals surface area contributed by atoms with E-state index in [1.165, 1.54) is 12.1 Å². The van der Waals surface area contributed by atoms with Gasteiger partial charge in [0.2, 0.25) is 0 Å². The maximum absolute atomic E-state index is 13.8. The predicted molar refractivity (Wildman–Crippen MR) is 100 cm³/mol. The fourth-order valence-corrected chi connectivity index (χ4v) is 2.94. The first-order chi connectivity index (χ1) is 12.5. The molecule has 0 fully saturated rings. The van der Waals surface area contributed by atoms with Crippen LogP contribution in [0.2, 0.25) is 5.02 Å². The smallest absolute Gasteiger partial charge is 0.276 e. The zero-order chi connectivity index (χ0) is 18.7. The van der Waals surface area contributed by atoms with Gasteiger partial charge in [0, 0.05) is 16.4 Å². The number of carbonyl (C=O) groups is 1. The predicted octanol–water partition coefficient (Wildman–Crippen LogP) is 4.93. The van der Waals surface area contributed by atoms with Gasteiger partial charge in [-0.2, -0.15) is 0 Å². The topological polar surface area (TPSA) is 43.3 Å². The van der Waals surface area contributed by atoms with Gasteiger partial charge in [-0.3, -0.25) is 9.63 Å². The SMILES string of the molecule is CCONC(=O)c1cc(-c2ccc(Cl)cc2)n(-c2cccc(F)c2)c1C. The van der Waals surface area contributed by atoms with E-state index < -0.39 is 0 Å². The van der Waals surface area contributed by atoms with E-state index in [1.807, 2.05) is 23.6 Å². The second-order valence-electron chi connectivity index (χ2n) is 5.72. The molecule has 4 nitrogen and oxygen atoms in total. The molecule has 134 valence electrons. The van der Waals surface area contributed by atoms with Crippen molar-refractivity contribution in [3.05, 3.63) is 76.7 Å². The number of nitrogens with zero attached hydrogens (tertiary/aromatic N) is 1. The summed E-state index contributed by atoms with van der Waals surface area (Å²) in [6.07, 6.45) is 0. The van der Waals surface area contributed by atoms with Gasteiger partial charge in [-0.15, -0.1) is 0 Å². The van der Waals surface area contributed by atoms with Crippen LogP contribution in [0.3, 0.4) is 0 Å². The summed E-state index contributed by atoms with van der Waals surface area (Å²) in [6, 6.07) is 15.3. The molecule has 0 atom stereocenters. The zero-order valence-electron chi connectivity index (χ0n) is 14.4. The van der Waals surface area contributed by atoms with Gasteiger partial charge >= 0.3 is 0 Å². The second-order valence-corrected chi connectivity index (χ2v) is 6.15. The van der Waals surface area contributed by atoms with Crippen LogP contribution in [-0.2, 0) is 4.84 Å². The van der Waals surface area contributed by atoms with E-state index in [4.69, 9.17) is 16.4 Å². The average molecular weight is 373 g/mol. The Bertz CT molecular complexity index is 935. The van der Waals surface area contributed by atoms with Crippen molar-refractivity contribution in [2.24, 2.45) is 0 Å². The first-order valence-electron chi connectivity index (χ1n) is 8.17. The molecule has 1 N–H and O–H groups in total. The number of hydrogen-bond donors (Lipinski definition) is 1. The third-order valence-corrected chi connectivity index (χ3v) is 4.26. The van der Waals surface area contributed by atoms with Crippen LogP contribution >= 0.6 is 11.6 Å². The number of hydrogen-bond acceptors (Lipinski definition) is 2. The Kier molecular flexibility index (Phi) is 5.40. The van der Waals surface area contributed by atoms with E-state index in [0.717, 1.165) is 11.3 Å². The number of halogens is 2. The molecule has 1 amide bonds. The first kappa shape index (κ1) is 18.2. The Morgan fingerprint density at radius 3 is 2.58 bits per heavy atom. The molecule has 0 aliphatic carbocycles. The highest BCUT2D eigenvalue weighted by Crippen LogP contribution is 2.30. The van der Waals surface area contributed by atoms with Gasteiger partial charge in [0.05, 0.1) is 17.9 Å². The highest BCUT2D eigenvalue weighted by Gasteiger charge is 2.20. The lowest BCUT2D eigenvalue weighted by molar-refractivity contribution is 0.0364. The molecule has 0 saturated carbocycles. The normalized spacial score (nSPS) is 10.8. The molecule has 0 saturated heterocycles. The van der Waals surface area contributed by atoms with Crippen molar-refractivity contribution in [3.8, 4) is 16.9 Å². The highest BCUT2D eigenvalue weighted by atomic mass is 35.5. The molecule has 0 spiro atoms. The Labute approximate surface area is 156 Å². The van der Waals surface area contributed by atoms with E-state index in [1.54, 1.807) is 37.3 Å². The van der Waals surface area contributed by atoms with E-state index in [0.29, 0.717) is 28.6 Å². The van der Waals surface area contributed by atoms with Crippen LogP contribution in [0.15, 0.2) is 54.6 Å². The summed E-state index contributed by atoms with van der Waals surface area (Å²) in [6.45, 7) is 3.95. The van der Waals surface area contributed by atoms with E-state index in [2.05, 4.69) is 5.48 Å². The van der Waals surface area contributed by atoms with Crippen LogP contribution < -0.4 is 5.48 Å². The van der Waals surface area contributed by atoms with Gasteiger partial charge in [0.25, 0.3) is 5.91 Å². The van der Waals surface area contributed by atoms with Gasteiger partial charge in [-0.1, -0.05) is 29.8 Å². The molecule has 6 heteroatoms. The minimum absolute atomic E-state index is 0.349. The molecular weight excluding hydrogens is 355 g/mol. The van der Waals surface area contributed by atoms with Gasteiger partial charge < -0.3 is 4.57 Å². The number of nitrogens with one attached hydrogen (secondary N) is 1. The van der Waals surface area contributed by atoms with Crippen LogP contribution in [0.5, 0.6) is 0 Å². The summed E-state index contributed by atoms with van der Waals surface area (Å²) >= 11 is 5.98. The minimum atomic E-state index is -0.352. The van der Waals surface area contributed by atoms with Crippen molar-refractivity contribution in [2.45, 2.75) is 13.8 Å². The van der Waals surface area contributed by atoms with Crippen LogP contribution in [0.25, 0.3) is 16.9 Å². The molecule has 2 aromatic carbocycles. The molecule has 3 aromatic rings. The molecule has 1 aromatic heterocycles. The second kappa shape index (κ2) is 7.72. The largest absolute Gasteiger partial charge is 0.313 e. The number of amides is 1. The summed E-state index contributed by atoms with van der Waals surface area (Å²) in [5, 5.41) is 0.614. The van der Waals surface area contributed by atoms with Gasteiger partial charge in [-0.05, 0) is 55.8 Å². The fraction of sp³-hybridized carbons (Fsp3) is 0.150. The van der Waals surface area contributed by atoms with E-state index in [9.17, 15) is 9.18 Å². The Morgan fingerprint density at radius 1 is 1.19 bits per heavy atom. The summed E-state index contributed by atoms with van der Waals surface area (Å²) in [5.74, 6) is -0.701. The number of aromatic nitrogens is 1. The number of hydroxylamine groups is 1. The van der Waals surface area contributed by atoms with Crippen LogP contribution in [-0.4, -0.2) is 17.1 Å². The van der Waals surface area contributed by atoms with E-state index in [-0.39, 0.29) is 11.7 Å². The standard InChI is InChI=1S/C20H18ClFN2O2/c1-3-26-23-20(25)18-12-19(14-7-9-15(21)10-8-14)24(13(18)2)17-6-4-5-16(22)11-17/h4-12H,3H2,1-2H3,(H,23,25). The summed E-state index contributed by atoms with van der Waals surface area (Å²) in [7, 11) is 0. The van der Waals surface area contributed by atoms with Crippen molar-refractivity contribution in [2.75, 3.05) is 6.61 Å². The minimum Gasteiger partial charge on any atom is -0.313 e. The maximum Gasteiger partial charge on any atom is 0.276 e. The third kappa shape index (κ3) is 3.64. The molecule has 0 bridgehead atoms. The molecule has 0 aliphatic rings. The quantitative estimate of drug-likeness (QED) is 0.645. The van der Waals surface area contributed by atoms with Crippen molar-refractivity contribution in [1.29, 1.82) is 0 Å². The molecule has 3 rings (SSSR count). The van der Waals surface area contributed by atoms with Crippen molar-refractivity contribution < 1.29 is 14.0 Å². The summed E-state index contributed by atoms with van der Waals surface area (Å²) in [5.41, 5.74) is 5.78. The average Bonchev–Trinajstić information content (AvgIpc) is 2.97. The van der Waals surface area contributed by atoms with Crippen LogP contribution in [0, 0.1) is 12.7 Å². The zero-order valence-corrected chi connectivity index (χ0v) is 15.2. The Morgan fingerprint density at radius 2 is 1.92 bits per heavy atom. The molecule has 1 heterocycles. The lowest BCUT2D eigenvalue weighted by Crippen LogP contribution is -2.24. The highest BCUT2D eigenvalue weighted by molar-refractivity contribution is 6.30. The maximum atomic E-state index is 13.8. The first-order valence-corrected chi connectivity index (χ1v) is 8.55. The van der Waals surface area contributed by atoms with Crippen LogP contribution in [0.4, 0.5) is 4.39 Å². The third-order valence-electron chi connectivity index (χ3n) is 4.01. The summed E-state index contributed by atoms with van der Waals surface area (Å²) < 4.78 is 15.6. The molecule has 26 heavy (non-hydrogen) atoms.